The number of piperidine rings is 1. The van der Waals surface area contributed by atoms with Crippen molar-refractivity contribution in [3.63, 3.8) is 0 Å². The molecule has 3 heteroatoms. The summed E-state index contributed by atoms with van der Waals surface area (Å²) in [6, 6.07) is 10.5. The Bertz CT molecular complexity index is 424. The first kappa shape index (κ1) is 16.0. The lowest BCUT2D eigenvalue weighted by molar-refractivity contribution is -0.133. The summed E-state index contributed by atoms with van der Waals surface area (Å²) in [6.45, 7) is 4.06. The van der Waals surface area contributed by atoms with E-state index in [1.807, 2.05) is 11.0 Å². The Hall–Kier alpha value is -1.35. The number of rotatable bonds is 6. The van der Waals surface area contributed by atoms with Crippen molar-refractivity contribution in [1.82, 2.24) is 4.90 Å². The highest BCUT2D eigenvalue weighted by Crippen LogP contribution is 2.19. The van der Waals surface area contributed by atoms with Crippen LogP contribution in [0.1, 0.15) is 38.2 Å². The second-order valence-electron chi connectivity index (χ2n) is 6.34. The monoisotopic (exact) mass is 289 g/mol. The molecular formula is C18H27NO2. The van der Waals surface area contributed by atoms with E-state index in [4.69, 9.17) is 5.11 Å². The molecular weight excluding hydrogens is 262 g/mol. The van der Waals surface area contributed by atoms with E-state index in [0.29, 0.717) is 18.3 Å². The number of benzene rings is 1. The summed E-state index contributed by atoms with van der Waals surface area (Å²) < 4.78 is 0. The third kappa shape index (κ3) is 5.16. The Morgan fingerprint density at radius 1 is 1.29 bits per heavy atom. The van der Waals surface area contributed by atoms with Crippen LogP contribution in [0, 0.1) is 11.8 Å². The summed E-state index contributed by atoms with van der Waals surface area (Å²) in [7, 11) is 0. The summed E-state index contributed by atoms with van der Waals surface area (Å²) >= 11 is 0. The molecule has 2 rings (SSSR count). The van der Waals surface area contributed by atoms with Crippen LogP contribution in [-0.2, 0) is 11.2 Å². The van der Waals surface area contributed by atoms with Gasteiger partial charge in [0.25, 0.3) is 0 Å². The molecule has 3 nitrogen and oxygen atoms in total. The molecule has 0 aliphatic carbocycles. The summed E-state index contributed by atoms with van der Waals surface area (Å²) in [5.74, 6) is 1.10. The van der Waals surface area contributed by atoms with Crippen LogP contribution in [0.2, 0.25) is 0 Å². The zero-order chi connectivity index (χ0) is 15.1. The maximum Gasteiger partial charge on any atom is 0.222 e. The minimum atomic E-state index is 0.259. The number of hydrogen-bond donors (Lipinski definition) is 1. The molecule has 1 unspecified atom stereocenters. The van der Waals surface area contributed by atoms with E-state index in [-0.39, 0.29) is 12.5 Å². The van der Waals surface area contributed by atoms with Gasteiger partial charge in [-0.25, -0.2) is 0 Å². The van der Waals surface area contributed by atoms with E-state index < -0.39 is 0 Å². The lowest BCUT2D eigenvalue weighted by atomic mass is 9.95. The van der Waals surface area contributed by atoms with E-state index in [9.17, 15) is 4.79 Å². The smallest absolute Gasteiger partial charge is 0.222 e. The van der Waals surface area contributed by atoms with Gasteiger partial charge < -0.3 is 10.0 Å². The summed E-state index contributed by atoms with van der Waals surface area (Å²) in [5.41, 5.74) is 1.35. The van der Waals surface area contributed by atoms with Gasteiger partial charge in [-0.2, -0.15) is 0 Å². The molecule has 0 radical (unpaired) electrons. The van der Waals surface area contributed by atoms with Crippen molar-refractivity contribution >= 4 is 5.91 Å². The molecule has 1 heterocycles. The Balaban J connectivity index is 1.70. The molecule has 1 amide bonds. The topological polar surface area (TPSA) is 40.5 Å². The molecule has 1 aliphatic heterocycles. The first-order valence-electron chi connectivity index (χ1n) is 8.11. The molecule has 0 bridgehead atoms. The SMILES string of the molecule is CC(CCc1ccccc1)CC(=O)N1CCC(CO)CC1. The van der Waals surface area contributed by atoms with Gasteiger partial charge in [0, 0.05) is 26.1 Å². The Labute approximate surface area is 128 Å². The van der Waals surface area contributed by atoms with Crippen molar-refractivity contribution in [2.24, 2.45) is 11.8 Å². The third-order valence-corrected chi connectivity index (χ3v) is 4.52. The standard InChI is InChI=1S/C18H27NO2/c1-15(7-8-16-5-3-2-4-6-16)13-18(21)19-11-9-17(14-20)10-12-19/h2-6,15,17,20H,7-14H2,1H3. The number of carbonyl (C=O) groups excluding carboxylic acids is 1. The number of aliphatic hydroxyl groups excluding tert-OH is 1. The molecule has 1 N–H and O–H groups in total. The largest absolute Gasteiger partial charge is 0.396 e. The number of hydrogen-bond acceptors (Lipinski definition) is 2. The molecule has 21 heavy (non-hydrogen) atoms. The maximum absolute atomic E-state index is 12.3. The number of aryl methyl sites for hydroxylation is 1. The Morgan fingerprint density at radius 3 is 2.57 bits per heavy atom. The lowest BCUT2D eigenvalue weighted by Crippen LogP contribution is -2.39. The number of aliphatic hydroxyl groups is 1. The predicted molar refractivity (Wildman–Crippen MR) is 84.9 cm³/mol. The normalized spacial score (nSPS) is 17.7. The molecule has 1 saturated heterocycles. The molecule has 0 saturated carbocycles. The van der Waals surface area contributed by atoms with Crippen LogP contribution in [-0.4, -0.2) is 35.6 Å². The maximum atomic E-state index is 12.3. The molecule has 1 aromatic rings. The second-order valence-corrected chi connectivity index (χ2v) is 6.34. The van der Waals surface area contributed by atoms with Crippen LogP contribution in [0.5, 0.6) is 0 Å². The van der Waals surface area contributed by atoms with Crippen LogP contribution in [0.25, 0.3) is 0 Å². The fourth-order valence-corrected chi connectivity index (χ4v) is 2.95. The van der Waals surface area contributed by atoms with Crippen molar-refractivity contribution in [2.45, 2.75) is 39.0 Å². The van der Waals surface area contributed by atoms with Crippen molar-refractivity contribution in [3.05, 3.63) is 35.9 Å². The molecule has 1 fully saturated rings. The average molecular weight is 289 g/mol. The second kappa shape index (κ2) is 8.18. The molecule has 116 valence electrons. The molecule has 1 aromatic carbocycles. The number of nitrogens with zero attached hydrogens (tertiary/aromatic N) is 1. The van der Waals surface area contributed by atoms with Crippen molar-refractivity contribution in [2.75, 3.05) is 19.7 Å². The van der Waals surface area contributed by atoms with Crippen LogP contribution in [0.3, 0.4) is 0 Å². The van der Waals surface area contributed by atoms with Gasteiger partial charge >= 0.3 is 0 Å². The van der Waals surface area contributed by atoms with Gasteiger partial charge in [-0.3, -0.25) is 4.79 Å². The summed E-state index contributed by atoms with van der Waals surface area (Å²) in [5, 5.41) is 9.14. The highest BCUT2D eigenvalue weighted by atomic mass is 16.3. The van der Waals surface area contributed by atoms with E-state index in [1.165, 1.54) is 5.56 Å². The minimum Gasteiger partial charge on any atom is -0.396 e. The summed E-state index contributed by atoms with van der Waals surface area (Å²) in [4.78, 5) is 14.3. The van der Waals surface area contributed by atoms with Gasteiger partial charge in [0.1, 0.15) is 0 Å². The van der Waals surface area contributed by atoms with Crippen molar-refractivity contribution in [3.8, 4) is 0 Å². The van der Waals surface area contributed by atoms with Crippen LogP contribution in [0.15, 0.2) is 30.3 Å². The Morgan fingerprint density at radius 2 is 1.95 bits per heavy atom. The summed E-state index contributed by atoms with van der Waals surface area (Å²) in [6.07, 6.45) is 4.64. The fourth-order valence-electron chi connectivity index (χ4n) is 2.95. The zero-order valence-corrected chi connectivity index (χ0v) is 13.0. The van der Waals surface area contributed by atoms with Gasteiger partial charge in [-0.1, -0.05) is 37.3 Å². The van der Waals surface area contributed by atoms with Crippen LogP contribution in [0.4, 0.5) is 0 Å². The fraction of sp³-hybridized carbons (Fsp3) is 0.611. The minimum absolute atomic E-state index is 0.259. The van der Waals surface area contributed by atoms with Gasteiger partial charge in [-0.05, 0) is 43.1 Å². The number of likely N-dealkylation sites (tertiary alicyclic amines) is 1. The highest BCUT2D eigenvalue weighted by Gasteiger charge is 2.23. The van der Waals surface area contributed by atoms with Crippen LogP contribution >= 0.6 is 0 Å². The van der Waals surface area contributed by atoms with E-state index in [2.05, 4.69) is 31.2 Å². The predicted octanol–water partition coefficient (Wildman–Crippen LogP) is 2.88. The van der Waals surface area contributed by atoms with Gasteiger partial charge in [0.15, 0.2) is 0 Å². The van der Waals surface area contributed by atoms with Gasteiger partial charge in [-0.15, -0.1) is 0 Å². The molecule has 0 aromatic heterocycles. The third-order valence-electron chi connectivity index (χ3n) is 4.52. The zero-order valence-electron chi connectivity index (χ0n) is 13.0. The van der Waals surface area contributed by atoms with Crippen molar-refractivity contribution in [1.29, 1.82) is 0 Å². The quantitative estimate of drug-likeness (QED) is 0.875. The van der Waals surface area contributed by atoms with Gasteiger partial charge in [0.05, 0.1) is 0 Å². The van der Waals surface area contributed by atoms with Gasteiger partial charge in [0.2, 0.25) is 5.91 Å². The lowest BCUT2D eigenvalue weighted by Gasteiger charge is -2.31. The molecule has 1 aliphatic rings. The first-order chi connectivity index (χ1) is 10.2. The number of amides is 1. The average Bonchev–Trinajstić information content (AvgIpc) is 2.54. The number of carbonyl (C=O) groups is 1. The highest BCUT2D eigenvalue weighted by molar-refractivity contribution is 5.76. The van der Waals surface area contributed by atoms with Crippen molar-refractivity contribution < 1.29 is 9.90 Å². The Kier molecular flexibility index (Phi) is 6.24. The molecule has 1 atom stereocenters. The van der Waals surface area contributed by atoms with Crippen LogP contribution < -0.4 is 0 Å². The molecule has 0 spiro atoms. The van der Waals surface area contributed by atoms with E-state index in [1.54, 1.807) is 0 Å². The van der Waals surface area contributed by atoms with E-state index >= 15 is 0 Å². The first-order valence-corrected chi connectivity index (χ1v) is 8.11. The van der Waals surface area contributed by atoms with E-state index in [0.717, 1.165) is 38.8 Å².